The summed E-state index contributed by atoms with van der Waals surface area (Å²) in [5.41, 5.74) is 0. The monoisotopic (exact) mass is 278 g/mol. The van der Waals surface area contributed by atoms with E-state index in [-0.39, 0.29) is 17.9 Å². The third kappa shape index (κ3) is 6.13. The van der Waals surface area contributed by atoms with Crippen LogP contribution in [0, 0.1) is 0 Å². The molecule has 1 aliphatic heterocycles. The van der Waals surface area contributed by atoms with Crippen molar-refractivity contribution in [1.29, 1.82) is 0 Å². The van der Waals surface area contributed by atoms with Gasteiger partial charge in [-0.2, -0.15) is 0 Å². The lowest BCUT2D eigenvalue weighted by Crippen LogP contribution is -2.41. The van der Waals surface area contributed by atoms with Gasteiger partial charge < -0.3 is 10.1 Å². The van der Waals surface area contributed by atoms with Gasteiger partial charge in [0.2, 0.25) is 10.0 Å². The Bertz CT molecular complexity index is 313. The zero-order valence-electron chi connectivity index (χ0n) is 11.4. The van der Waals surface area contributed by atoms with Crippen LogP contribution < -0.4 is 10.0 Å². The number of nitrogens with one attached hydrogen (secondary N) is 2. The van der Waals surface area contributed by atoms with Crippen molar-refractivity contribution in [3.8, 4) is 0 Å². The van der Waals surface area contributed by atoms with Crippen molar-refractivity contribution in [2.45, 2.75) is 51.7 Å². The van der Waals surface area contributed by atoms with Gasteiger partial charge in [0.1, 0.15) is 0 Å². The molecule has 108 valence electrons. The minimum atomic E-state index is -3.16. The van der Waals surface area contributed by atoms with E-state index in [0.717, 1.165) is 39.0 Å². The summed E-state index contributed by atoms with van der Waals surface area (Å²) in [6.07, 6.45) is 3.61. The molecular formula is C12H26N2O3S. The Morgan fingerprint density at radius 2 is 2.17 bits per heavy atom. The maximum Gasteiger partial charge on any atom is 0.211 e. The second-order valence-corrected chi connectivity index (χ2v) is 6.71. The molecule has 2 atom stereocenters. The quantitative estimate of drug-likeness (QED) is 0.614. The molecule has 1 rings (SSSR count). The molecule has 6 heteroatoms. The minimum absolute atomic E-state index is 0.0431. The van der Waals surface area contributed by atoms with E-state index in [1.54, 1.807) is 0 Å². The molecule has 1 fully saturated rings. The lowest BCUT2D eigenvalue weighted by atomic mass is 10.1. The molecule has 5 nitrogen and oxygen atoms in total. The zero-order chi connectivity index (χ0) is 13.4. The van der Waals surface area contributed by atoms with Gasteiger partial charge >= 0.3 is 0 Å². The van der Waals surface area contributed by atoms with Crippen LogP contribution in [-0.2, 0) is 14.8 Å². The molecule has 0 spiro atoms. The standard InChI is InChI=1S/C12H26N2O3S/c1-3-13-8-4-5-10-18(15,16)14-11(2)12-7-6-9-17-12/h11-14H,3-10H2,1-2H3. The Balaban J connectivity index is 2.21. The van der Waals surface area contributed by atoms with Crippen molar-refractivity contribution in [2.75, 3.05) is 25.4 Å². The highest BCUT2D eigenvalue weighted by Crippen LogP contribution is 2.16. The average Bonchev–Trinajstić information content (AvgIpc) is 2.81. The van der Waals surface area contributed by atoms with E-state index >= 15 is 0 Å². The highest BCUT2D eigenvalue weighted by atomic mass is 32.2. The summed E-state index contributed by atoms with van der Waals surface area (Å²) in [5.74, 6) is 0.204. The third-order valence-corrected chi connectivity index (χ3v) is 4.71. The average molecular weight is 278 g/mol. The lowest BCUT2D eigenvalue weighted by molar-refractivity contribution is 0.0902. The molecule has 1 saturated heterocycles. The predicted molar refractivity (Wildman–Crippen MR) is 73.1 cm³/mol. The molecule has 0 aliphatic carbocycles. The highest BCUT2D eigenvalue weighted by molar-refractivity contribution is 7.89. The van der Waals surface area contributed by atoms with Gasteiger partial charge in [0.25, 0.3) is 0 Å². The van der Waals surface area contributed by atoms with Crippen molar-refractivity contribution < 1.29 is 13.2 Å². The maximum absolute atomic E-state index is 11.8. The van der Waals surface area contributed by atoms with Crippen LogP contribution in [0.25, 0.3) is 0 Å². The summed E-state index contributed by atoms with van der Waals surface area (Å²) < 4.78 is 31.9. The van der Waals surface area contributed by atoms with Crippen molar-refractivity contribution >= 4 is 10.0 Å². The first-order valence-corrected chi connectivity index (χ1v) is 8.52. The first kappa shape index (κ1) is 15.9. The summed E-state index contributed by atoms with van der Waals surface area (Å²) in [6, 6.07) is -0.119. The second kappa shape index (κ2) is 8.09. The number of sulfonamides is 1. The van der Waals surface area contributed by atoms with Gasteiger partial charge in [-0.1, -0.05) is 6.92 Å². The smallest absolute Gasteiger partial charge is 0.211 e. The molecule has 1 aliphatic rings. The van der Waals surface area contributed by atoms with Crippen LogP contribution in [0.1, 0.15) is 39.5 Å². The molecule has 0 aromatic rings. The van der Waals surface area contributed by atoms with Crippen LogP contribution in [0.4, 0.5) is 0 Å². The van der Waals surface area contributed by atoms with E-state index in [0.29, 0.717) is 6.42 Å². The van der Waals surface area contributed by atoms with E-state index in [1.165, 1.54) is 0 Å². The predicted octanol–water partition coefficient (Wildman–Crippen LogP) is 0.863. The zero-order valence-corrected chi connectivity index (χ0v) is 12.3. The molecule has 0 aromatic heterocycles. The summed E-state index contributed by atoms with van der Waals surface area (Å²) in [6.45, 7) is 6.49. The van der Waals surface area contributed by atoms with Crippen molar-refractivity contribution in [3.05, 3.63) is 0 Å². The Morgan fingerprint density at radius 3 is 2.78 bits per heavy atom. The van der Waals surface area contributed by atoms with Crippen molar-refractivity contribution in [1.82, 2.24) is 10.0 Å². The Labute approximate surface area is 111 Å². The van der Waals surface area contributed by atoms with E-state index in [4.69, 9.17) is 4.74 Å². The van der Waals surface area contributed by atoms with Gasteiger partial charge in [0.05, 0.1) is 11.9 Å². The Hall–Kier alpha value is -0.170. The number of ether oxygens (including phenoxy) is 1. The van der Waals surface area contributed by atoms with Gasteiger partial charge in [0, 0.05) is 12.6 Å². The topological polar surface area (TPSA) is 67.4 Å². The van der Waals surface area contributed by atoms with Gasteiger partial charge in [-0.25, -0.2) is 13.1 Å². The Kier molecular flexibility index (Phi) is 7.14. The van der Waals surface area contributed by atoms with E-state index in [2.05, 4.69) is 10.0 Å². The van der Waals surface area contributed by atoms with Crippen molar-refractivity contribution in [2.24, 2.45) is 0 Å². The number of hydrogen-bond donors (Lipinski definition) is 2. The number of hydrogen-bond acceptors (Lipinski definition) is 4. The van der Waals surface area contributed by atoms with Gasteiger partial charge in [-0.3, -0.25) is 0 Å². The summed E-state index contributed by atoms with van der Waals surface area (Å²) in [7, 11) is -3.16. The summed E-state index contributed by atoms with van der Waals surface area (Å²) in [5, 5.41) is 3.18. The van der Waals surface area contributed by atoms with Crippen LogP contribution in [-0.4, -0.2) is 46.0 Å². The molecule has 18 heavy (non-hydrogen) atoms. The largest absolute Gasteiger partial charge is 0.377 e. The Morgan fingerprint density at radius 1 is 1.39 bits per heavy atom. The molecule has 0 bridgehead atoms. The first-order valence-electron chi connectivity index (χ1n) is 6.87. The fraction of sp³-hybridized carbons (Fsp3) is 1.00. The van der Waals surface area contributed by atoms with Crippen LogP contribution in [0.5, 0.6) is 0 Å². The summed E-state index contributed by atoms with van der Waals surface area (Å²) in [4.78, 5) is 0. The maximum atomic E-state index is 11.8. The molecule has 0 radical (unpaired) electrons. The molecular weight excluding hydrogens is 252 g/mol. The molecule has 0 aromatic carbocycles. The summed E-state index contributed by atoms with van der Waals surface area (Å²) >= 11 is 0. The number of unbranched alkanes of at least 4 members (excludes halogenated alkanes) is 1. The molecule has 2 N–H and O–H groups in total. The third-order valence-electron chi connectivity index (χ3n) is 3.15. The van der Waals surface area contributed by atoms with Crippen LogP contribution in [0.15, 0.2) is 0 Å². The first-order chi connectivity index (χ1) is 8.55. The molecule has 0 amide bonds. The van der Waals surface area contributed by atoms with Gasteiger partial charge in [-0.15, -0.1) is 0 Å². The molecule has 1 heterocycles. The number of rotatable bonds is 9. The van der Waals surface area contributed by atoms with Crippen LogP contribution in [0.2, 0.25) is 0 Å². The van der Waals surface area contributed by atoms with E-state index in [9.17, 15) is 8.42 Å². The van der Waals surface area contributed by atoms with Gasteiger partial charge in [0.15, 0.2) is 0 Å². The van der Waals surface area contributed by atoms with E-state index in [1.807, 2.05) is 13.8 Å². The molecule has 0 saturated carbocycles. The fourth-order valence-corrected chi connectivity index (χ4v) is 3.55. The minimum Gasteiger partial charge on any atom is -0.377 e. The molecule has 2 unspecified atom stereocenters. The highest BCUT2D eigenvalue weighted by Gasteiger charge is 2.25. The fourth-order valence-electron chi connectivity index (χ4n) is 2.13. The van der Waals surface area contributed by atoms with Crippen molar-refractivity contribution in [3.63, 3.8) is 0 Å². The van der Waals surface area contributed by atoms with Crippen LogP contribution in [0.3, 0.4) is 0 Å². The van der Waals surface area contributed by atoms with Gasteiger partial charge in [-0.05, 0) is 45.7 Å². The second-order valence-electron chi connectivity index (χ2n) is 4.84. The van der Waals surface area contributed by atoms with E-state index < -0.39 is 10.0 Å². The lowest BCUT2D eigenvalue weighted by Gasteiger charge is -2.19. The normalized spacial score (nSPS) is 22.2. The van der Waals surface area contributed by atoms with Crippen LogP contribution >= 0.6 is 0 Å². The SMILES string of the molecule is CCNCCCCS(=O)(=O)NC(C)C1CCCO1.